The lowest BCUT2D eigenvalue weighted by atomic mass is 9.91. The number of halogens is 3. The van der Waals surface area contributed by atoms with E-state index in [0.29, 0.717) is 12.1 Å². The lowest BCUT2D eigenvalue weighted by Crippen LogP contribution is -2.35. The van der Waals surface area contributed by atoms with Crippen molar-refractivity contribution in [3.05, 3.63) is 88.9 Å². The molecule has 30 heavy (non-hydrogen) atoms. The third-order valence-electron chi connectivity index (χ3n) is 5.81. The normalized spacial score (nSPS) is 17.4. The van der Waals surface area contributed by atoms with Crippen LogP contribution < -0.4 is 0 Å². The van der Waals surface area contributed by atoms with Gasteiger partial charge in [-0.15, -0.1) is 0 Å². The first-order valence-corrected chi connectivity index (χ1v) is 9.88. The standard InChI is InChI=1S/C23H21F3N4/c1-29-13-15(12-27-29)14-30-10-9-19-18-7-2-3-8-20(18)28-21(19)22(30)16-5-4-6-17(11-16)23(24,25)26/h2-8,11-13,22,28H,9-10,14H2,1H3/t22-/m0/s1. The lowest BCUT2D eigenvalue weighted by Gasteiger charge is -2.36. The number of alkyl halides is 3. The molecule has 0 bridgehead atoms. The van der Waals surface area contributed by atoms with E-state index >= 15 is 0 Å². The maximum Gasteiger partial charge on any atom is 0.416 e. The van der Waals surface area contributed by atoms with Gasteiger partial charge in [-0.2, -0.15) is 18.3 Å². The number of fused-ring (bicyclic) bond motifs is 3. The van der Waals surface area contributed by atoms with Gasteiger partial charge in [0.2, 0.25) is 0 Å². The van der Waals surface area contributed by atoms with Crippen LogP contribution in [-0.4, -0.2) is 26.2 Å². The Hall–Kier alpha value is -3.06. The number of aromatic nitrogens is 3. The van der Waals surface area contributed by atoms with Crippen LogP contribution in [0.3, 0.4) is 0 Å². The van der Waals surface area contributed by atoms with E-state index in [2.05, 4.69) is 21.0 Å². The van der Waals surface area contributed by atoms with Gasteiger partial charge in [-0.3, -0.25) is 9.58 Å². The van der Waals surface area contributed by atoms with Crippen molar-refractivity contribution < 1.29 is 13.2 Å². The number of aryl methyl sites for hydroxylation is 1. The van der Waals surface area contributed by atoms with E-state index in [1.807, 2.05) is 37.6 Å². The number of benzene rings is 2. The fraction of sp³-hybridized carbons (Fsp3) is 0.261. The summed E-state index contributed by atoms with van der Waals surface area (Å²) in [5.74, 6) is 0. The van der Waals surface area contributed by atoms with Crippen LogP contribution in [0.1, 0.15) is 34.0 Å². The molecule has 0 radical (unpaired) electrons. The number of para-hydroxylation sites is 1. The van der Waals surface area contributed by atoms with Crippen molar-refractivity contribution in [2.45, 2.75) is 25.2 Å². The zero-order valence-electron chi connectivity index (χ0n) is 16.4. The molecule has 7 heteroatoms. The Bertz CT molecular complexity index is 1200. The highest BCUT2D eigenvalue weighted by Crippen LogP contribution is 2.40. The van der Waals surface area contributed by atoms with Gasteiger partial charge in [-0.05, 0) is 35.7 Å². The number of nitrogens with one attached hydrogen (secondary N) is 1. The topological polar surface area (TPSA) is 36.9 Å². The molecule has 3 heterocycles. The minimum atomic E-state index is -4.37. The van der Waals surface area contributed by atoms with Crippen LogP contribution in [-0.2, 0) is 26.2 Å². The van der Waals surface area contributed by atoms with Crippen molar-refractivity contribution in [3.63, 3.8) is 0 Å². The Labute approximate surface area is 171 Å². The summed E-state index contributed by atoms with van der Waals surface area (Å²) in [5, 5.41) is 5.38. The maximum absolute atomic E-state index is 13.4. The zero-order chi connectivity index (χ0) is 20.9. The van der Waals surface area contributed by atoms with Gasteiger partial charge in [0, 0.05) is 48.5 Å². The Morgan fingerprint density at radius 1 is 1.13 bits per heavy atom. The number of H-pyrrole nitrogens is 1. The predicted octanol–water partition coefficient (Wildman–Crippen LogP) is 5.07. The van der Waals surface area contributed by atoms with Gasteiger partial charge in [-0.1, -0.05) is 30.3 Å². The van der Waals surface area contributed by atoms with Crippen molar-refractivity contribution in [1.29, 1.82) is 0 Å². The van der Waals surface area contributed by atoms with E-state index in [4.69, 9.17) is 0 Å². The quantitative estimate of drug-likeness (QED) is 0.512. The van der Waals surface area contributed by atoms with Gasteiger partial charge in [0.25, 0.3) is 0 Å². The molecule has 0 amide bonds. The Morgan fingerprint density at radius 2 is 1.97 bits per heavy atom. The van der Waals surface area contributed by atoms with Gasteiger partial charge in [-0.25, -0.2) is 0 Å². The number of hydrogen-bond acceptors (Lipinski definition) is 2. The summed E-state index contributed by atoms with van der Waals surface area (Å²) in [4.78, 5) is 5.73. The molecule has 2 aromatic carbocycles. The summed E-state index contributed by atoms with van der Waals surface area (Å²) >= 11 is 0. The van der Waals surface area contributed by atoms with E-state index < -0.39 is 11.7 Å². The van der Waals surface area contributed by atoms with Crippen LogP contribution in [0, 0.1) is 0 Å². The smallest absolute Gasteiger partial charge is 0.357 e. The molecule has 1 aliphatic heterocycles. The zero-order valence-corrected chi connectivity index (χ0v) is 16.4. The fourth-order valence-corrected chi connectivity index (χ4v) is 4.51. The number of aromatic amines is 1. The molecule has 1 atom stereocenters. The molecule has 0 unspecified atom stereocenters. The molecule has 1 N–H and O–H groups in total. The van der Waals surface area contributed by atoms with E-state index in [0.717, 1.165) is 41.2 Å². The van der Waals surface area contributed by atoms with Gasteiger partial charge in [0.1, 0.15) is 0 Å². The molecule has 0 saturated carbocycles. The second kappa shape index (κ2) is 7.02. The SMILES string of the molecule is Cn1cc(CN2CCc3c([nH]c4ccccc34)[C@@H]2c2cccc(C(F)(F)F)c2)cn1. The summed E-state index contributed by atoms with van der Waals surface area (Å²) in [5.41, 5.74) is 4.24. The number of hydrogen-bond donors (Lipinski definition) is 1. The summed E-state index contributed by atoms with van der Waals surface area (Å²) in [6.07, 6.45) is 0.227. The Kier molecular flexibility index (Phi) is 4.43. The molecule has 0 aliphatic carbocycles. The van der Waals surface area contributed by atoms with Crippen LogP contribution in [0.2, 0.25) is 0 Å². The van der Waals surface area contributed by atoms with Crippen LogP contribution in [0.4, 0.5) is 13.2 Å². The lowest BCUT2D eigenvalue weighted by molar-refractivity contribution is -0.137. The fourth-order valence-electron chi connectivity index (χ4n) is 4.51. The molecular weight excluding hydrogens is 389 g/mol. The Balaban J connectivity index is 1.64. The van der Waals surface area contributed by atoms with Crippen molar-refractivity contribution in [2.75, 3.05) is 6.54 Å². The summed E-state index contributed by atoms with van der Waals surface area (Å²) in [6.45, 7) is 1.37. The first-order chi connectivity index (χ1) is 14.4. The van der Waals surface area contributed by atoms with E-state index in [-0.39, 0.29) is 6.04 Å². The average molecular weight is 410 g/mol. The Morgan fingerprint density at radius 3 is 2.73 bits per heavy atom. The second-order valence-corrected chi connectivity index (χ2v) is 7.83. The van der Waals surface area contributed by atoms with Crippen LogP contribution in [0.5, 0.6) is 0 Å². The summed E-state index contributed by atoms with van der Waals surface area (Å²) in [7, 11) is 1.86. The molecule has 0 fully saturated rings. The van der Waals surface area contributed by atoms with Crippen molar-refractivity contribution in [1.82, 2.24) is 19.7 Å². The van der Waals surface area contributed by atoms with E-state index in [9.17, 15) is 13.2 Å². The van der Waals surface area contributed by atoms with E-state index in [1.54, 1.807) is 10.7 Å². The highest BCUT2D eigenvalue weighted by atomic mass is 19.4. The molecule has 4 aromatic rings. The van der Waals surface area contributed by atoms with Crippen molar-refractivity contribution in [3.8, 4) is 0 Å². The maximum atomic E-state index is 13.4. The summed E-state index contributed by atoms with van der Waals surface area (Å²) < 4.78 is 42.0. The monoisotopic (exact) mass is 410 g/mol. The third-order valence-corrected chi connectivity index (χ3v) is 5.81. The van der Waals surface area contributed by atoms with Crippen LogP contribution >= 0.6 is 0 Å². The van der Waals surface area contributed by atoms with Gasteiger partial charge >= 0.3 is 6.18 Å². The highest BCUT2D eigenvalue weighted by molar-refractivity contribution is 5.85. The molecule has 5 rings (SSSR count). The molecule has 4 nitrogen and oxygen atoms in total. The molecule has 0 saturated heterocycles. The minimum Gasteiger partial charge on any atom is -0.357 e. The van der Waals surface area contributed by atoms with E-state index in [1.165, 1.54) is 17.7 Å². The molecule has 1 aliphatic rings. The first kappa shape index (κ1) is 18.9. The highest BCUT2D eigenvalue weighted by Gasteiger charge is 2.35. The predicted molar refractivity (Wildman–Crippen MR) is 109 cm³/mol. The first-order valence-electron chi connectivity index (χ1n) is 9.88. The van der Waals surface area contributed by atoms with Crippen LogP contribution in [0.15, 0.2) is 60.9 Å². The molecule has 0 spiro atoms. The van der Waals surface area contributed by atoms with Crippen LogP contribution in [0.25, 0.3) is 10.9 Å². The van der Waals surface area contributed by atoms with Gasteiger partial charge in [0.15, 0.2) is 0 Å². The van der Waals surface area contributed by atoms with Crippen molar-refractivity contribution >= 4 is 10.9 Å². The number of rotatable bonds is 3. The van der Waals surface area contributed by atoms with Crippen molar-refractivity contribution in [2.24, 2.45) is 7.05 Å². The van der Waals surface area contributed by atoms with Gasteiger partial charge in [0.05, 0.1) is 17.8 Å². The molecule has 2 aromatic heterocycles. The summed E-state index contributed by atoms with van der Waals surface area (Å²) in [6, 6.07) is 13.5. The van der Waals surface area contributed by atoms with Gasteiger partial charge < -0.3 is 4.98 Å². The average Bonchev–Trinajstić information content (AvgIpc) is 3.30. The second-order valence-electron chi connectivity index (χ2n) is 7.83. The third kappa shape index (κ3) is 3.29. The number of nitrogens with zero attached hydrogens (tertiary/aromatic N) is 3. The largest absolute Gasteiger partial charge is 0.416 e. The molecule has 154 valence electrons. The minimum absolute atomic E-state index is 0.288. The molecular formula is C23H21F3N4.